The van der Waals surface area contributed by atoms with Crippen molar-refractivity contribution in [2.24, 2.45) is 17.8 Å². The van der Waals surface area contributed by atoms with Gasteiger partial charge in [0.15, 0.2) is 5.66 Å². The molecule has 3 rings (SSSR count). The molecule has 0 aromatic heterocycles. The number of ether oxygens (including phenoxy) is 2. The number of fused-ring (bicyclic) bond motifs is 1. The van der Waals surface area contributed by atoms with E-state index in [1.54, 1.807) is 26.8 Å². The molecular weight excluding hydrogens is 487 g/mol. The van der Waals surface area contributed by atoms with E-state index in [4.69, 9.17) is 18.5 Å². The maximum Gasteiger partial charge on any atom is 0.344 e. The fraction of sp³-hybridized carbons (Fsp3) is 0.769. The molecule has 0 radical (unpaired) electrons. The van der Waals surface area contributed by atoms with E-state index in [0.29, 0.717) is 19.3 Å². The van der Waals surface area contributed by atoms with Gasteiger partial charge in [0.1, 0.15) is 12.2 Å². The zero-order chi connectivity index (χ0) is 26.5. The van der Waals surface area contributed by atoms with Gasteiger partial charge >= 0.3 is 19.5 Å². The summed E-state index contributed by atoms with van der Waals surface area (Å²) >= 11 is 0. The minimum atomic E-state index is -3.71. The average molecular weight is 529 g/mol. The van der Waals surface area contributed by atoms with Crippen LogP contribution in [-0.4, -0.2) is 65.4 Å². The van der Waals surface area contributed by atoms with Crippen LogP contribution in [0.5, 0.6) is 0 Å². The van der Waals surface area contributed by atoms with Crippen molar-refractivity contribution in [1.29, 1.82) is 0 Å². The molecular formula is C26H41O9P. The smallest absolute Gasteiger partial charge is 0.344 e. The van der Waals surface area contributed by atoms with E-state index in [0.717, 1.165) is 5.57 Å². The molecule has 204 valence electrons. The molecule has 0 aromatic rings. The molecule has 1 heterocycles. The van der Waals surface area contributed by atoms with Gasteiger partial charge in [0.2, 0.25) is 0 Å². The molecule has 0 saturated carbocycles. The third kappa shape index (κ3) is 6.87. The predicted octanol–water partition coefficient (Wildman–Crippen LogP) is 3.92. The number of carbonyl (C=O) groups excluding carboxylic acids is 2. The molecule has 0 unspecified atom stereocenters. The van der Waals surface area contributed by atoms with Gasteiger partial charge in [-0.3, -0.25) is 14.2 Å². The summed E-state index contributed by atoms with van der Waals surface area (Å²) < 4.78 is 35.6. The maximum atomic E-state index is 13.3. The summed E-state index contributed by atoms with van der Waals surface area (Å²) in [4.78, 5) is 25.1. The van der Waals surface area contributed by atoms with Crippen molar-refractivity contribution in [3.05, 3.63) is 23.8 Å². The van der Waals surface area contributed by atoms with Gasteiger partial charge in [-0.25, -0.2) is 0 Å². The molecule has 8 atom stereocenters. The van der Waals surface area contributed by atoms with Crippen molar-refractivity contribution in [1.82, 2.24) is 0 Å². The van der Waals surface area contributed by atoms with E-state index in [-0.39, 0.29) is 62.3 Å². The van der Waals surface area contributed by atoms with Crippen molar-refractivity contribution >= 4 is 19.5 Å². The first-order valence-electron chi connectivity index (χ1n) is 13.2. The summed E-state index contributed by atoms with van der Waals surface area (Å²) in [6.07, 6.45) is 5.61. The van der Waals surface area contributed by atoms with Gasteiger partial charge in [0.05, 0.1) is 31.8 Å². The van der Waals surface area contributed by atoms with Crippen LogP contribution in [0.25, 0.3) is 0 Å². The van der Waals surface area contributed by atoms with Crippen LogP contribution in [0.2, 0.25) is 0 Å². The Balaban J connectivity index is 1.79. The highest BCUT2D eigenvalue weighted by atomic mass is 31.2. The van der Waals surface area contributed by atoms with Gasteiger partial charge in [-0.2, -0.15) is 0 Å². The molecule has 10 heteroatoms. The van der Waals surface area contributed by atoms with Gasteiger partial charge in [-0.1, -0.05) is 32.1 Å². The monoisotopic (exact) mass is 528 g/mol. The molecule has 0 spiro atoms. The molecule has 9 nitrogen and oxygen atoms in total. The van der Waals surface area contributed by atoms with Crippen LogP contribution < -0.4 is 0 Å². The summed E-state index contributed by atoms with van der Waals surface area (Å²) in [7, 11) is -3.71. The van der Waals surface area contributed by atoms with Crippen LogP contribution in [0.15, 0.2) is 23.8 Å². The Morgan fingerprint density at radius 1 is 1.17 bits per heavy atom. The SMILES string of the molecule is CCOP(=O)(OCC)[C@@H](CC)C(=O)O[C@H]1C[C@H](O)C=C2C=C[C@H](C)[C@H](CC[C@@H]3C[C@@H](O)CC(=O)O3)[C@H]21. The lowest BCUT2D eigenvalue weighted by Crippen LogP contribution is -2.44. The second-order valence-electron chi connectivity index (χ2n) is 9.94. The second-order valence-corrected chi connectivity index (χ2v) is 12.2. The molecule has 0 bridgehead atoms. The summed E-state index contributed by atoms with van der Waals surface area (Å²) in [5.41, 5.74) is -0.150. The van der Waals surface area contributed by atoms with E-state index in [9.17, 15) is 24.4 Å². The van der Waals surface area contributed by atoms with Crippen LogP contribution in [0.1, 0.15) is 66.2 Å². The Hall–Kier alpha value is -1.51. The third-order valence-corrected chi connectivity index (χ3v) is 9.93. The van der Waals surface area contributed by atoms with Crippen LogP contribution >= 0.6 is 7.60 Å². The predicted molar refractivity (Wildman–Crippen MR) is 133 cm³/mol. The lowest BCUT2D eigenvalue weighted by molar-refractivity contribution is -0.161. The average Bonchev–Trinajstić information content (AvgIpc) is 2.78. The number of rotatable bonds is 11. The van der Waals surface area contributed by atoms with E-state index < -0.39 is 37.5 Å². The zero-order valence-electron chi connectivity index (χ0n) is 21.7. The van der Waals surface area contributed by atoms with Crippen molar-refractivity contribution in [2.45, 2.75) is 96.3 Å². The molecule has 2 aliphatic carbocycles. The Labute approximate surface area is 213 Å². The van der Waals surface area contributed by atoms with Crippen LogP contribution in [0.4, 0.5) is 0 Å². The van der Waals surface area contributed by atoms with Gasteiger partial charge in [-0.05, 0) is 50.5 Å². The molecule has 2 N–H and O–H groups in total. The number of carbonyl (C=O) groups is 2. The molecule has 1 aliphatic heterocycles. The number of hydrogen-bond acceptors (Lipinski definition) is 9. The highest BCUT2D eigenvalue weighted by molar-refractivity contribution is 7.55. The van der Waals surface area contributed by atoms with E-state index in [2.05, 4.69) is 13.0 Å². The lowest BCUT2D eigenvalue weighted by Gasteiger charge is -2.43. The quantitative estimate of drug-likeness (QED) is 0.303. The number of cyclic esters (lactones) is 1. The van der Waals surface area contributed by atoms with Gasteiger partial charge < -0.3 is 28.7 Å². The first-order chi connectivity index (χ1) is 17.1. The Morgan fingerprint density at radius 3 is 2.47 bits per heavy atom. The topological polar surface area (TPSA) is 129 Å². The van der Waals surface area contributed by atoms with Gasteiger partial charge in [-0.15, -0.1) is 0 Å². The third-order valence-electron chi connectivity index (χ3n) is 7.36. The summed E-state index contributed by atoms with van der Waals surface area (Å²) in [6.45, 7) is 7.51. The highest BCUT2D eigenvalue weighted by Gasteiger charge is 2.46. The second kappa shape index (κ2) is 12.8. The summed E-state index contributed by atoms with van der Waals surface area (Å²) in [6, 6.07) is 0. The Morgan fingerprint density at radius 2 is 1.86 bits per heavy atom. The zero-order valence-corrected chi connectivity index (χ0v) is 22.6. The van der Waals surface area contributed by atoms with Crippen molar-refractivity contribution < 1.29 is 42.9 Å². The summed E-state index contributed by atoms with van der Waals surface area (Å²) in [5.74, 6) is -0.978. The number of hydrogen-bond donors (Lipinski definition) is 2. The number of allylic oxidation sites excluding steroid dienone is 2. The number of esters is 2. The lowest BCUT2D eigenvalue weighted by atomic mass is 9.66. The maximum absolute atomic E-state index is 13.3. The van der Waals surface area contributed by atoms with Crippen molar-refractivity contribution in [2.75, 3.05) is 13.2 Å². The minimum Gasteiger partial charge on any atom is -0.462 e. The minimum absolute atomic E-state index is 0.0242. The van der Waals surface area contributed by atoms with Crippen LogP contribution in [-0.2, 0) is 32.7 Å². The molecule has 36 heavy (non-hydrogen) atoms. The molecule has 3 aliphatic rings. The van der Waals surface area contributed by atoms with Crippen molar-refractivity contribution in [3.8, 4) is 0 Å². The Kier molecular flexibility index (Phi) is 10.4. The van der Waals surface area contributed by atoms with E-state index in [1.165, 1.54) is 0 Å². The first kappa shape index (κ1) is 29.1. The molecule has 0 amide bonds. The van der Waals surface area contributed by atoms with E-state index in [1.807, 2.05) is 6.08 Å². The largest absolute Gasteiger partial charge is 0.462 e. The molecule has 0 aromatic carbocycles. The molecule has 1 fully saturated rings. The number of aliphatic hydroxyl groups is 2. The number of aliphatic hydroxyl groups excluding tert-OH is 2. The normalized spacial score (nSPS) is 33.3. The van der Waals surface area contributed by atoms with E-state index >= 15 is 0 Å². The summed E-state index contributed by atoms with van der Waals surface area (Å²) in [5, 5.41) is 20.5. The highest BCUT2D eigenvalue weighted by Crippen LogP contribution is 2.55. The standard InChI is InChI=1S/C26H41O9P/c1-5-23(36(31,32-6-2)33-7-3)26(30)35-22-14-18(27)12-17-9-8-16(4)21(25(17)22)11-10-20-13-19(28)15-24(29)34-20/h8-9,12,16,18-23,25,27-28H,5-7,10-11,13-15H2,1-4H3/t16-,18+,19+,20+,21-,22-,23-,25-/m0/s1. The van der Waals surface area contributed by atoms with Gasteiger partial charge in [0.25, 0.3) is 0 Å². The van der Waals surface area contributed by atoms with Crippen molar-refractivity contribution in [3.63, 3.8) is 0 Å². The Bertz CT molecular complexity index is 875. The van der Waals surface area contributed by atoms with Crippen LogP contribution in [0.3, 0.4) is 0 Å². The first-order valence-corrected chi connectivity index (χ1v) is 14.8. The molecule has 1 saturated heterocycles. The van der Waals surface area contributed by atoms with Crippen LogP contribution in [0, 0.1) is 17.8 Å². The van der Waals surface area contributed by atoms with Gasteiger partial charge in [0, 0.05) is 18.8 Å². The fourth-order valence-corrected chi connectivity index (χ4v) is 7.65. The fourth-order valence-electron chi connectivity index (χ4n) is 5.73.